The van der Waals surface area contributed by atoms with Crippen molar-refractivity contribution in [1.82, 2.24) is 0 Å². The fourth-order valence-corrected chi connectivity index (χ4v) is 3.73. The molecule has 0 aliphatic heterocycles. The Morgan fingerprint density at radius 3 is 1.91 bits per heavy atom. The van der Waals surface area contributed by atoms with E-state index in [1.54, 1.807) is 0 Å². The summed E-state index contributed by atoms with van der Waals surface area (Å²) in [5.41, 5.74) is 0. The van der Waals surface area contributed by atoms with Crippen molar-refractivity contribution >= 4 is 19.8 Å². The van der Waals surface area contributed by atoms with E-state index in [1.807, 2.05) is 0 Å². The molecule has 34 heavy (non-hydrogen) atoms. The van der Waals surface area contributed by atoms with Gasteiger partial charge in [-0.05, 0) is 32.1 Å². The number of carbonyl (C=O) groups is 2. The van der Waals surface area contributed by atoms with E-state index in [0.29, 0.717) is 6.42 Å². The van der Waals surface area contributed by atoms with Crippen LogP contribution in [0.4, 0.5) is 0 Å². The molecule has 8 nitrogen and oxygen atoms in total. The molecule has 2 N–H and O–H groups in total. The zero-order valence-electron chi connectivity index (χ0n) is 21.3. The summed E-state index contributed by atoms with van der Waals surface area (Å²) in [5.74, 6) is -0.909. The van der Waals surface area contributed by atoms with Crippen LogP contribution in [0.15, 0.2) is 12.2 Å². The Balaban J connectivity index is 4.10. The molecule has 0 aromatic heterocycles. The first-order chi connectivity index (χ1) is 16.3. The Labute approximate surface area is 206 Å². The molecule has 0 fully saturated rings. The van der Waals surface area contributed by atoms with E-state index in [-0.39, 0.29) is 19.4 Å². The molecule has 9 heteroatoms. The number of esters is 2. The first kappa shape index (κ1) is 32.8. The number of hydrogen-bond acceptors (Lipinski definition) is 6. The van der Waals surface area contributed by atoms with Gasteiger partial charge in [-0.1, -0.05) is 83.8 Å². The van der Waals surface area contributed by atoms with Gasteiger partial charge >= 0.3 is 19.8 Å². The van der Waals surface area contributed by atoms with Crippen LogP contribution < -0.4 is 0 Å². The average Bonchev–Trinajstić information content (AvgIpc) is 2.78. The second kappa shape index (κ2) is 22.3. The van der Waals surface area contributed by atoms with E-state index in [9.17, 15) is 14.2 Å². The highest BCUT2D eigenvalue weighted by molar-refractivity contribution is 7.46. The van der Waals surface area contributed by atoms with E-state index in [2.05, 4.69) is 30.5 Å². The molecule has 0 radical (unpaired) electrons. The molecule has 0 spiro atoms. The summed E-state index contributed by atoms with van der Waals surface area (Å²) in [6.07, 6.45) is 18.5. The Bertz CT molecular complexity index is 587. The van der Waals surface area contributed by atoms with Crippen molar-refractivity contribution in [2.24, 2.45) is 0 Å². The lowest BCUT2D eigenvalue weighted by molar-refractivity contribution is -0.161. The number of hydrogen-bond donors (Lipinski definition) is 2. The molecule has 0 rings (SSSR count). The van der Waals surface area contributed by atoms with E-state index >= 15 is 0 Å². The fourth-order valence-electron chi connectivity index (χ4n) is 3.37. The Morgan fingerprint density at radius 1 is 0.765 bits per heavy atom. The number of carbonyl (C=O) groups excluding carboxylic acids is 2. The van der Waals surface area contributed by atoms with Gasteiger partial charge in [0.05, 0.1) is 6.61 Å². The van der Waals surface area contributed by atoms with Crippen LogP contribution in [0.25, 0.3) is 0 Å². The molecule has 0 aliphatic carbocycles. The predicted octanol–water partition coefficient (Wildman–Crippen LogP) is 6.39. The van der Waals surface area contributed by atoms with Gasteiger partial charge in [0, 0.05) is 12.8 Å². The maximum absolute atomic E-state index is 12.1. The molecule has 0 heterocycles. The lowest BCUT2D eigenvalue weighted by atomic mass is 10.1. The van der Waals surface area contributed by atoms with Crippen LogP contribution >= 0.6 is 7.82 Å². The second-order valence-electron chi connectivity index (χ2n) is 8.64. The van der Waals surface area contributed by atoms with E-state index < -0.39 is 32.5 Å². The number of unbranched alkanes of at least 4 members (excludes halogenated alkanes) is 11. The van der Waals surface area contributed by atoms with Gasteiger partial charge < -0.3 is 19.3 Å². The number of ether oxygens (including phenoxy) is 2. The lowest BCUT2D eigenvalue weighted by Crippen LogP contribution is -2.29. The number of phosphoric ester groups is 1. The highest BCUT2D eigenvalue weighted by Gasteiger charge is 2.22. The molecule has 0 aromatic carbocycles. The zero-order valence-corrected chi connectivity index (χ0v) is 22.1. The minimum Gasteiger partial charge on any atom is -0.462 e. The minimum absolute atomic E-state index is 0.208. The summed E-state index contributed by atoms with van der Waals surface area (Å²) in [5, 5.41) is 0. The maximum atomic E-state index is 12.1. The number of allylic oxidation sites excluding steroid dienone is 2. The smallest absolute Gasteiger partial charge is 0.462 e. The molecule has 0 saturated carbocycles. The van der Waals surface area contributed by atoms with Gasteiger partial charge in [-0.15, -0.1) is 0 Å². The molecule has 200 valence electrons. The largest absolute Gasteiger partial charge is 0.469 e. The van der Waals surface area contributed by atoms with E-state index in [0.717, 1.165) is 64.2 Å². The Hall–Kier alpha value is -1.21. The summed E-state index contributed by atoms with van der Waals surface area (Å²) < 4.78 is 25.8. The van der Waals surface area contributed by atoms with E-state index in [1.165, 1.54) is 19.3 Å². The molecule has 1 atom stereocenters. The quantitative estimate of drug-likeness (QED) is 0.0708. The molecular formula is C25H47O8P. The van der Waals surface area contributed by atoms with Gasteiger partial charge in [0.15, 0.2) is 6.10 Å². The first-order valence-corrected chi connectivity index (χ1v) is 14.5. The zero-order chi connectivity index (χ0) is 25.5. The molecule has 0 bridgehead atoms. The maximum Gasteiger partial charge on any atom is 0.469 e. The van der Waals surface area contributed by atoms with Gasteiger partial charge in [0.2, 0.25) is 0 Å². The van der Waals surface area contributed by atoms with Crippen molar-refractivity contribution in [2.45, 2.75) is 123 Å². The van der Waals surface area contributed by atoms with Gasteiger partial charge in [-0.25, -0.2) is 4.57 Å². The first-order valence-electron chi connectivity index (χ1n) is 13.0. The molecule has 0 unspecified atom stereocenters. The average molecular weight is 507 g/mol. The van der Waals surface area contributed by atoms with Crippen LogP contribution in [0, 0.1) is 0 Å². The van der Waals surface area contributed by atoms with Gasteiger partial charge in [-0.3, -0.25) is 14.1 Å². The summed E-state index contributed by atoms with van der Waals surface area (Å²) in [6.45, 7) is 3.43. The predicted molar refractivity (Wildman–Crippen MR) is 133 cm³/mol. The van der Waals surface area contributed by atoms with Crippen molar-refractivity contribution in [3.05, 3.63) is 12.2 Å². The topological polar surface area (TPSA) is 119 Å². The molecule has 0 amide bonds. The molecule has 0 aliphatic rings. The Kier molecular flexibility index (Phi) is 21.5. The van der Waals surface area contributed by atoms with Gasteiger partial charge in [0.25, 0.3) is 0 Å². The van der Waals surface area contributed by atoms with Gasteiger partial charge in [-0.2, -0.15) is 0 Å². The minimum atomic E-state index is -4.72. The standard InChI is InChI=1S/C25H47O8P/c1-3-5-7-9-10-11-12-13-14-16-18-20-25(27)33-23(22-32-34(28,29)30)21-31-24(26)19-17-15-8-6-4-2/h5,7,23H,3-4,6,8-22H2,1-2H3,(H2,28,29,30)/b7-5+/t23-/m1/s1. The van der Waals surface area contributed by atoms with Gasteiger partial charge in [0.1, 0.15) is 6.61 Å². The molecule has 0 saturated heterocycles. The normalized spacial score (nSPS) is 12.7. The number of rotatable bonds is 23. The highest BCUT2D eigenvalue weighted by atomic mass is 31.2. The third-order valence-corrected chi connectivity index (χ3v) is 5.78. The van der Waals surface area contributed by atoms with Crippen LogP contribution in [0.1, 0.15) is 117 Å². The van der Waals surface area contributed by atoms with Crippen LogP contribution in [0.3, 0.4) is 0 Å². The SMILES string of the molecule is CC/C=C/CCCCCCCCCC(=O)O[C@H](COC(=O)CCCCCCC)COP(=O)(O)O. The van der Waals surface area contributed by atoms with Crippen LogP contribution in [0.2, 0.25) is 0 Å². The van der Waals surface area contributed by atoms with Crippen molar-refractivity contribution in [3.63, 3.8) is 0 Å². The second-order valence-corrected chi connectivity index (χ2v) is 9.88. The summed E-state index contributed by atoms with van der Waals surface area (Å²) in [7, 11) is -4.72. The summed E-state index contributed by atoms with van der Waals surface area (Å²) in [4.78, 5) is 41.9. The summed E-state index contributed by atoms with van der Waals surface area (Å²) >= 11 is 0. The summed E-state index contributed by atoms with van der Waals surface area (Å²) in [6, 6.07) is 0. The third kappa shape index (κ3) is 23.9. The van der Waals surface area contributed by atoms with Crippen molar-refractivity contribution in [1.29, 1.82) is 0 Å². The Morgan fingerprint density at radius 2 is 1.32 bits per heavy atom. The fraction of sp³-hybridized carbons (Fsp3) is 0.840. The van der Waals surface area contributed by atoms with Crippen molar-refractivity contribution < 1.29 is 37.9 Å². The van der Waals surface area contributed by atoms with Crippen molar-refractivity contribution in [2.75, 3.05) is 13.2 Å². The molecular weight excluding hydrogens is 459 g/mol. The highest BCUT2D eigenvalue weighted by Crippen LogP contribution is 2.35. The van der Waals surface area contributed by atoms with Crippen LogP contribution in [0.5, 0.6) is 0 Å². The monoisotopic (exact) mass is 506 g/mol. The van der Waals surface area contributed by atoms with E-state index in [4.69, 9.17) is 19.3 Å². The number of phosphoric acid groups is 1. The van der Waals surface area contributed by atoms with Crippen LogP contribution in [-0.4, -0.2) is 41.0 Å². The molecule has 0 aromatic rings. The third-order valence-electron chi connectivity index (χ3n) is 5.30. The van der Waals surface area contributed by atoms with Crippen molar-refractivity contribution in [3.8, 4) is 0 Å². The van der Waals surface area contributed by atoms with Crippen LogP contribution in [-0.2, 0) is 28.2 Å². The lowest BCUT2D eigenvalue weighted by Gasteiger charge is -2.18.